The van der Waals surface area contributed by atoms with E-state index in [4.69, 9.17) is 5.73 Å². The van der Waals surface area contributed by atoms with Gasteiger partial charge in [0.25, 0.3) is 0 Å². The summed E-state index contributed by atoms with van der Waals surface area (Å²) in [7, 11) is 0. The first-order valence-corrected chi connectivity index (χ1v) is 6.48. The zero-order valence-corrected chi connectivity index (χ0v) is 11.3. The summed E-state index contributed by atoms with van der Waals surface area (Å²) < 4.78 is 0.174. The molecule has 0 bridgehead atoms. The SMILES string of the molecule is CCC(I)C1CC(=O)N(CCC(N)=O)C1=O. The Morgan fingerprint density at radius 3 is 2.75 bits per heavy atom. The standard InChI is InChI=1S/C10H15IN2O3/c1-2-7(11)6-5-9(15)13(10(6)16)4-3-8(12)14/h6-7H,2-5H2,1H3,(H2,12,14). The summed E-state index contributed by atoms with van der Waals surface area (Å²) in [5.41, 5.74) is 4.99. The van der Waals surface area contributed by atoms with Gasteiger partial charge in [0, 0.05) is 23.3 Å². The van der Waals surface area contributed by atoms with Crippen molar-refractivity contribution in [3.05, 3.63) is 0 Å². The van der Waals surface area contributed by atoms with Crippen LogP contribution >= 0.6 is 22.6 Å². The van der Waals surface area contributed by atoms with Gasteiger partial charge in [-0.15, -0.1) is 0 Å². The lowest BCUT2D eigenvalue weighted by Crippen LogP contribution is -2.35. The second kappa shape index (κ2) is 5.60. The van der Waals surface area contributed by atoms with E-state index in [2.05, 4.69) is 22.6 Å². The molecule has 2 atom stereocenters. The van der Waals surface area contributed by atoms with Crippen molar-refractivity contribution < 1.29 is 14.4 Å². The highest BCUT2D eigenvalue weighted by molar-refractivity contribution is 14.1. The smallest absolute Gasteiger partial charge is 0.233 e. The van der Waals surface area contributed by atoms with Crippen LogP contribution in [0.2, 0.25) is 0 Å². The Kier molecular flexibility index (Phi) is 4.69. The van der Waals surface area contributed by atoms with Crippen LogP contribution in [-0.2, 0) is 14.4 Å². The first-order chi connectivity index (χ1) is 7.47. The third-order valence-corrected chi connectivity index (χ3v) is 4.44. The molecule has 1 fully saturated rings. The maximum atomic E-state index is 11.9. The van der Waals surface area contributed by atoms with Crippen molar-refractivity contribution in [3.63, 3.8) is 0 Å². The van der Waals surface area contributed by atoms with Crippen LogP contribution in [0, 0.1) is 5.92 Å². The molecule has 0 aromatic heterocycles. The summed E-state index contributed by atoms with van der Waals surface area (Å²) in [4.78, 5) is 35.2. The number of nitrogens with two attached hydrogens (primary N) is 1. The topological polar surface area (TPSA) is 80.5 Å². The molecule has 1 saturated heterocycles. The van der Waals surface area contributed by atoms with Gasteiger partial charge in [-0.05, 0) is 6.42 Å². The van der Waals surface area contributed by atoms with Crippen molar-refractivity contribution in [3.8, 4) is 0 Å². The Morgan fingerprint density at radius 2 is 2.25 bits per heavy atom. The number of carbonyl (C=O) groups excluding carboxylic acids is 3. The zero-order chi connectivity index (χ0) is 12.3. The summed E-state index contributed by atoms with van der Waals surface area (Å²) in [6, 6.07) is 0. The van der Waals surface area contributed by atoms with Crippen LogP contribution in [0.5, 0.6) is 0 Å². The predicted octanol–water partition coefficient (Wildman–Crippen LogP) is 0.451. The second-order valence-corrected chi connectivity index (χ2v) is 5.43. The average Bonchev–Trinajstić information content (AvgIpc) is 2.51. The largest absolute Gasteiger partial charge is 0.370 e. The fraction of sp³-hybridized carbons (Fsp3) is 0.700. The number of nitrogens with zero attached hydrogens (tertiary/aromatic N) is 1. The Labute approximate surface area is 108 Å². The quantitative estimate of drug-likeness (QED) is 0.449. The number of alkyl halides is 1. The third kappa shape index (κ3) is 2.93. The second-order valence-electron chi connectivity index (χ2n) is 3.83. The molecule has 0 aromatic carbocycles. The number of amides is 3. The molecule has 3 amide bonds. The van der Waals surface area contributed by atoms with Crippen LogP contribution < -0.4 is 5.73 Å². The fourth-order valence-corrected chi connectivity index (χ4v) is 2.29. The van der Waals surface area contributed by atoms with E-state index in [0.29, 0.717) is 0 Å². The lowest BCUT2D eigenvalue weighted by molar-refractivity contribution is -0.139. The molecule has 1 aliphatic rings. The molecular formula is C10H15IN2O3. The summed E-state index contributed by atoms with van der Waals surface area (Å²) in [6.45, 7) is 2.11. The minimum Gasteiger partial charge on any atom is -0.370 e. The molecule has 1 heterocycles. The molecule has 1 rings (SSSR count). The molecule has 16 heavy (non-hydrogen) atoms. The molecule has 0 aromatic rings. The van der Waals surface area contributed by atoms with Crippen LogP contribution in [-0.4, -0.2) is 33.1 Å². The minimum absolute atomic E-state index is 0.0439. The van der Waals surface area contributed by atoms with Gasteiger partial charge >= 0.3 is 0 Å². The number of halogens is 1. The monoisotopic (exact) mass is 338 g/mol. The maximum absolute atomic E-state index is 11.9. The van der Waals surface area contributed by atoms with Gasteiger partial charge in [0.2, 0.25) is 17.7 Å². The van der Waals surface area contributed by atoms with E-state index in [9.17, 15) is 14.4 Å². The van der Waals surface area contributed by atoms with Crippen molar-refractivity contribution in [2.75, 3.05) is 6.54 Å². The Bertz CT molecular complexity index is 319. The highest BCUT2D eigenvalue weighted by Gasteiger charge is 2.41. The fourth-order valence-electron chi connectivity index (χ4n) is 1.73. The van der Waals surface area contributed by atoms with Gasteiger partial charge in [0.05, 0.1) is 5.92 Å². The van der Waals surface area contributed by atoms with E-state index in [1.54, 1.807) is 0 Å². The number of likely N-dealkylation sites (tertiary alicyclic amines) is 1. The van der Waals surface area contributed by atoms with Gasteiger partial charge in [-0.2, -0.15) is 0 Å². The predicted molar refractivity (Wildman–Crippen MR) is 66.7 cm³/mol. The van der Waals surface area contributed by atoms with Gasteiger partial charge in [-0.3, -0.25) is 19.3 Å². The van der Waals surface area contributed by atoms with Crippen molar-refractivity contribution in [2.45, 2.75) is 30.1 Å². The molecule has 90 valence electrons. The molecule has 2 unspecified atom stereocenters. The lowest BCUT2D eigenvalue weighted by Gasteiger charge is -2.16. The van der Waals surface area contributed by atoms with Crippen LogP contribution in [0.25, 0.3) is 0 Å². The molecule has 0 aliphatic carbocycles. The average molecular weight is 338 g/mol. The normalized spacial score (nSPS) is 22.6. The van der Waals surface area contributed by atoms with E-state index < -0.39 is 5.91 Å². The number of carbonyl (C=O) groups is 3. The zero-order valence-electron chi connectivity index (χ0n) is 9.11. The Morgan fingerprint density at radius 1 is 1.62 bits per heavy atom. The number of hydrogen-bond acceptors (Lipinski definition) is 3. The van der Waals surface area contributed by atoms with Gasteiger partial charge < -0.3 is 5.73 Å². The summed E-state index contributed by atoms with van der Waals surface area (Å²) in [5.74, 6) is -1.07. The molecule has 2 N–H and O–H groups in total. The molecule has 0 spiro atoms. The summed E-state index contributed by atoms with van der Waals surface area (Å²) in [5, 5.41) is 0. The first-order valence-electron chi connectivity index (χ1n) is 5.24. The molecule has 0 saturated carbocycles. The number of rotatable bonds is 5. The summed E-state index contributed by atoms with van der Waals surface area (Å²) in [6.07, 6.45) is 1.16. The van der Waals surface area contributed by atoms with Gasteiger partial charge in [0.1, 0.15) is 0 Å². The van der Waals surface area contributed by atoms with Crippen LogP contribution in [0.15, 0.2) is 0 Å². The lowest BCUT2D eigenvalue weighted by atomic mass is 10.0. The molecule has 5 nitrogen and oxygen atoms in total. The highest BCUT2D eigenvalue weighted by Crippen LogP contribution is 2.29. The van der Waals surface area contributed by atoms with Crippen LogP contribution in [0.4, 0.5) is 0 Å². The van der Waals surface area contributed by atoms with Gasteiger partial charge in [-0.1, -0.05) is 29.5 Å². The van der Waals surface area contributed by atoms with Crippen LogP contribution in [0.1, 0.15) is 26.2 Å². The Balaban J connectivity index is 2.64. The first kappa shape index (κ1) is 13.4. The van der Waals surface area contributed by atoms with Crippen molar-refractivity contribution in [1.29, 1.82) is 0 Å². The minimum atomic E-state index is -0.495. The molecular weight excluding hydrogens is 323 g/mol. The van der Waals surface area contributed by atoms with E-state index >= 15 is 0 Å². The number of primary amides is 1. The molecule has 0 radical (unpaired) electrons. The van der Waals surface area contributed by atoms with Crippen molar-refractivity contribution in [2.24, 2.45) is 11.7 Å². The number of hydrogen-bond donors (Lipinski definition) is 1. The van der Waals surface area contributed by atoms with Gasteiger partial charge in [0.15, 0.2) is 0 Å². The highest BCUT2D eigenvalue weighted by atomic mass is 127. The summed E-state index contributed by atoms with van der Waals surface area (Å²) >= 11 is 2.19. The maximum Gasteiger partial charge on any atom is 0.233 e. The van der Waals surface area contributed by atoms with Gasteiger partial charge in [-0.25, -0.2) is 0 Å². The van der Waals surface area contributed by atoms with Crippen LogP contribution in [0.3, 0.4) is 0 Å². The van der Waals surface area contributed by atoms with E-state index in [-0.39, 0.29) is 41.0 Å². The van der Waals surface area contributed by atoms with E-state index in [1.807, 2.05) is 6.92 Å². The van der Waals surface area contributed by atoms with E-state index in [1.165, 1.54) is 0 Å². The number of imide groups is 1. The molecule has 6 heteroatoms. The van der Waals surface area contributed by atoms with Crippen molar-refractivity contribution >= 4 is 40.3 Å². The Hall–Kier alpha value is -0.660. The van der Waals surface area contributed by atoms with E-state index in [0.717, 1.165) is 11.3 Å². The molecule has 1 aliphatic heterocycles. The third-order valence-electron chi connectivity index (χ3n) is 2.69. The van der Waals surface area contributed by atoms with Crippen molar-refractivity contribution in [1.82, 2.24) is 4.90 Å².